The van der Waals surface area contributed by atoms with Crippen molar-refractivity contribution in [2.45, 2.75) is 45.4 Å². The van der Waals surface area contributed by atoms with Crippen LogP contribution in [0.1, 0.15) is 50.2 Å². The fourth-order valence-electron chi connectivity index (χ4n) is 1.99. The first-order valence-electron chi connectivity index (χ1n) is 5.84. The number of rotatable bonds is 6. The summed E-state index contributed by atoms with van der Waals surface area (Å²) in [4.78, 5) is 10.3. The molecule has 0 aliphatic rings. The van der Waals surface area contributed by atoms with Gasteiger partial charge in [-0.05, 0) is 36.3 Å². The van der Waals surface area contributed by atoms with Crippen LogP contribution in [0.25, 0.3) is 0 Å². The van der Waals surface area contributed by atoms with Gasteiger partial charge in [0.25, 0.3) is 0 Å². The van der Waals surface area contributed by atoms with Crippen molar-refractivity contribution in [2.75, 3.05) is 0 Å². The Hall–Kier alpha value is -1.11. The number of aldehydes is 1. The molecule has 0 spiro atoms. The molecule has 0 amide bonds. The summed E-state index contributed by atoms with van der Waals surface area (Å²) in [6.45, 7) is 4.46. The number of hydrogen-bond donors (Lipinski definition) is 0. The van der Waals surface area contributed by atoms with Crippen LogP contribution in [0, 0.1) is 0 Å². The fourth-order valence-corrected chi connectivity index (χ4v) is 1.99. The molecule has 0 saturated heterocycles. The van der Waals surface area contributed by atoms with E-state index in [0.717, 1.165) is 12.7 Å². The van der Waals surface area contributed by atoms with E-state index in [1.807, 2.05) is 0 Å². The van der Waals surface area contributed by atoms with Gasteiger partial charge in [0.1, 0.15) is 6.29 Å². The number of aryl methyl sites for hydroxylation is 1. The first-order valence-corrected chi connectivity index (χ1v) is 5.84. The molecule has 0 aliphatic carbocycles. The third-order valence-electron chi connectivity index (χ3n) is 2.96. The fraction of sp³-hybridized carbons (Fsp3) is 0.500. The molecule has 1 aromatic rings. The molecular weight excluding hydrogens is 184 g/mol. The zero-order chi connectivity index (χ0) is 11.1. The molecule has 1 nitrogen and oxygen atoms in total. The lowest BCUT2D eigenvalue weighted by molar-refractivity contribution is -0.107. The normalized spacial score (nSPS) is 10.6. The standard InChI is InChI=1S/C14H20O/c1-3-13(4-2)14-9-5-7-12(11-14)8-6-10-15/h5,7,9-11,13H,3-4,6,8H2,1-2H3. The van der Waals surface area contributed by atoms with Crippen LogP contribution in [0.2, 0.25) is 0 Å². The molecule has 0 unspecified atom stereocenters. The SMILES string of the molecule is CCC(CC)c1cccc(CCC=O)c1. The second kappa shape index (κ2) is 6.39. The lowest BCUT2D eigenvalue weighted by atomic mass is 9.92. The Labute approximate surface area is 92.5 Å². The van der Waals surface area contributed by atoms with Crippen molar-refractivity contribution >= 4 is 6.29 Å². The van der Waals surface area contributed by atoms with Crippen LogP contribution in [-0.4, -0.2) is 6.29 Å². The van der Waals surface area contributed by atoms with Crippen molar-refractivity contribution in [1.29, 1.82) is 0 Å². The Morgan fingerprint density at radius 3 is 2.60 bits per heavy atom. The van der Waals surface area contributed by atoms with E-state index in [4.69, 9.17) is 0 Å². The minimum absolute atomic E-state index is 0.631. The van der Waals surface area contributed by atoms with E-state index in [1.165, 1.54) is 24.0 Å². The Balaban J connectivity index is 2.76. The third-order valence-corrected chi connectivity index (χ3v) is 2.96. The van der Waals surface area contributed by atoms with Crippen molar-refractivity contribution < 1.29 is 4.79 Å². The van der Waals surface area contributed by atoms with Crippen LogP contribution in [-0.2, 0) is 11.2 Å². The average Bonchev–Trinajstić information content (AvgIpc) is 2.29. The van der Waals surface area contributed by atoms with Gasteiger partial charge >= 0.3 is 0 Å². The molecule has 0 N–H and O–H groups in total. The average molecular weight is 204 g/mol. The molecule has 1 heteroatoms. The maximum absolute atomic E-state index is 10.3. The second-order valence-corrected chi connectivity index (χ2v) is 3.96. The molecule has 0 radical (unpaired) electrons. The Kier molecular flexibility index (Phi) is 5.09. The summed E-state index contributed by atoms with van der Waals surface area (Å²) in [5.41, 5.74) is 2.70. The van der Waals surface area contributed by atoms with Crippen molar-refractivity contribution in [3.63, 3.8) is 0 Å². The lowest BCUT2D eigenvalue weighted by Gasteiger charge is -2.13. The smallest absolute Gasteiger partial charge is 0.120 e. The highest BCUT2D eigenvalue weighted by Crippen LogP contribution is 2.23. The molecule has 1 aromatic carbocycles. The van der Waals surface area contributed by atoms with E-state index in [-0.39, 0.29) is 0 Å². The maximum Gasteiger partial charge on any atom is 0.120 e. The molecule has 0 atom stereocenters. The van der Waals surface area contributed by atoms with Crippen LogP contribution in [0.15, 0.2) is 24.3 Å². The third kappa shape index (κ3) is 3.50. The van der Waals surface area contributed by atoms with Gasteiger partial charge in [-0.2, -0.15) is 0 Å². The molecule has 0 aromatic heterocycles. The Morgan fingerprint density at radius 2 is 2.00 bits per heavy atom. The highest BCUT2D eigenvalue weighted by Gasteiger charge is 2.06. The van der Waals surface area contributed by atoms with Gasteiger partial charge in [0.2, 0.25) is 0 Å². The summed E-state index contributed by atoms with van der Waals surface area (Å²) in [5.74, 6) is 0.668. The zero-order valence-electron chi connectivity index (χ0n) is 9.70. The molecule has 82 valence electrons. The first-order chi connectivity index (χ1) is 7.31. The van der Waals surface area contributed by atoms with Gasteiger partial charge in [0, 0.05) is 6.42 Å². The van der Waals surface area contributed by atoms with Crippen LogP contribution >= 0.6 is 0 Å². The Bertz CT molecular complexity index is 300. The number of benzene rings is 1. The van der Waals surface area contributed by atoms with E-state index < -0.39 is 0 Å². The molecule has 0 heterocycles. The van der Waals surface area contributed by atoms with Gasteiger partial charge in [-0.25, -0.2) is 0 Å². The summed E-state index contributed by atoms with van der Waals surface area (Å²) in [6, 6.07) is 8.66. The van der Waals surface area contributed by atoms with Crippen LogP contribution in [0.3, 0.4) is 0 Å². The molecule has 0 bridgehead atoms. The molecule has 0 aliphatic heterocycles. The van der Waals surface area contributed by atoms with Crippen LogP contribution in [0.5, 0.6) is 0 Å². The minimum atomic E-state index is 0.631. The van der Waals surface area contributed by atoms with Gasteiger partial charge in [-0.1, -0.05) is 38.1 Å². The summed E-state index contributed by atoms with van der Waals surface area (Å²) in [7, 11) is 0. The summed E-state index contributed by atoms with van der Waals surface area (Å²) < 4.78 is 0. The zero-order valence-corrected chi connectivity index (χ0v) is 9.70. The number of carbonyl (C=O) groups is 1. The van der Waals surface area contributed by atoms with Crippen LogP contribution < -0.4 is 0 Å². The topological polar surface area (TPSA) is 17.1 Å². The highest BCUT2D eigenvalue weighted by atomic mass is 16.1. The van der Waals surface area contributed by atoms with E-state index in [9.17, 15) is 4.79 Å². The second-order valence-electron chi connectivity index (χ2n) is 3.96. The van der Waals surface area contributed by atoms with Crippen molar-refractivity contribution in [1.82, 2.24) is 0 Å². The van der Waals surface area contributed by atoms with Gasteiger partial charge in [-0.15, -0.1) is 0 Å². The molecule has 0 saturated carbocycles. The number of carbonyl (C=O) groups excluding carboxylic acids is 1. The van der Waals surface area contributed by atoms with Gasteiger partial charge < -0.3 is 4.79 Å². The van der Waals surface area contributed by atoms with Crippen LogP contribution in [0.4, 0.5) is 0 Å². The van der Waals surface area contributed by atoms with E-state index in [0.29, 0.717) is 12.3 Å². The van der Waals surface area contributed by atoms with E-state index >= 15 is 0 Å². The van der Waals surface area contributed by atoms with Crippen molar-refractivity contribution in [3.05, 3.63) is 35.4 Å². The summed E-state index contributed by atoms with van der Waals surface area (Å²) in [5, 5.41) is 0. The monoisotopic (exact) mass is 204 g/mol. The van der Waals surface area contributed by atoms with Crippen molar-refractivity contribution in [3.8, 4) is 0 Å². The van der Waals surface area contributed by atoms with Gasteiger partial charge in [0.05, 0.1) is 0 Å². The lowest BCUT2D eigenvalue weighted by Crippen LogP contribution is -1.96. The molecular formula is C14H20O. The highest BCUT2D eigenvalue weighted by molar-refractivity contribution is 5.50. The molecule has 15 heavy (non-hydrogen) atoms. The first kappa shape index (κ1) is 12.0. The minimum Gasteiger partial charge on any atom is -0.303 e. The number of hydrogen-bond acceptors (Lipinski definition) is 1. The molecule has 1 rings (SSSR count). The maximum atomic E-state index is 10.3. The van der Waals surface area contributed by atoms with Gasteiger partial charge in [-0.3, -0.25) is 0 Å². The summed E-state index contributed by atoms with van der Waals surface area (Å²) in [6.07, 6.45) is 4.87. The van der Waals surface area contributed by atoms with Gasteiger partial charge in [0.15, 0.2) is 0 Å². The van der Waals surface area contributed by atoms with E-state index in [1.54, 1.807) is 0 Å². The Morgan fingerprint density at radius 1 is 1.27 bits per heavy atom. The molecule has 0 fully saturated rings. The summed E-state index contributed by atoms with van der Waals surface area (Å²) >= 11 is 0. The van der Waals surface area contributed by atoms with Crippen molar-refractivity contribution in [2.24, 2.45) is 0 Å². The predicted molar refractivity (Wildman–Crippen MR) is 64.2 cm³/mol. The predicted octanol–water partition coefficient (Wildman–Crippen LogP) is 3.72. The largest absolute Gasteiger partial charge is 0.303 e. The van der Waals surface area contributed by atoms with E-state index in [2.05, 4.69) is 38.1 Å². The quantitative estimate of drug-likeness (QED) is 0.645.